The predicted molar refractivity (Wildman–Crippen MR) is 119 cm³/mol. The van der Waals surface area contributed by atoms with Crippen molar-refractivity contribution >= 4 is 16.7 Å². The zero-order valence-corrected chi connectivity index (χ0v) is 17.5. The second-order valence-corrected chi connectivity index (χ2v) is 7.95. The lowest BCUT2D eigenvalue weighted by atomic mass is 10.1. The van der Waals surface area contributed by atoms with E-state index in [-0.39, 0.29) is 12.2 Å². The van der Waals surface area contributed by atoms with Crippen LogP contribution in [0.15, 0.2) is 57.7 Å². The molecule has 4 rings (SSSR count). The number of β-amino-alcohol motifs (C(OH)–C–C–N with tert-alkyl or cyclic N) is 1. The molecule has 2 heterocycles. The zero-order valence-electron chi connectivity index (χ0n) is 17.5. The van der Waals surface area contributed by atoms with E-state index in [0.717, 1.165) is 42.7 Å². The fraction of sp³-hybridized carbons (Fsp3) is 0.375. The van der Waals surface area contributed by atoms with Gasteiger partial charge in [0.15, 0.2) is 0 Å². The number of anilines is 1. The van der Waals surface area contributed by atoms with E-state index >= 15 is 0 Å². The van der Waals surface area contributed by atoms with Crippen molar-refractivity contribution in [2.75, 3.05) is 44.2 Å². The smallest absolute Gasteiger partial charge is 0.336 e. The van der Waals surface area contributed by atoms with Crippen LogP contribution in [0.1, 0.15) is 11.1 Å². The largest absolute Gasteiger partial charge is 0.491 e. The molecule has 1 aliphatic rings. The van der Waals surface area contributed by atoms with Gasteiger partial charge < -0.3 is 19.2 Å². The van der Waals surface area contributed by atoms with Gasteiger partial charge in [0.2, 0.25) is 0 Å². The summed E-state index contributed by atoms with van der Waals surface area (Å²) < 4.78 is 11.2. The van der Waals surface area contributed by atoms with E-state index in [1.54, 1.807) is 0 Å². The molecule has 6 nitrogen and oxygen atoms in total. The molecule has 1 saturated heterocycles. The van der Waals surface area contributed by atoms with Gasteiger partial charge in [0.05, 0.1) is 0 Å². The number of aliphatic hydroxyl groups excluding tert-OH is 1. The van der Waals surface area contributed by atoms with Gasteiger partial charge in [0.25, 0.3) is 0 Å². The first-order chi connectivity index (χ1) is 14.5. The van der Waals surface area contributed by atoms with E-state index < -0.39 is 6.10 Å². The topological polar surface area (TPSA) is 66.2 Å². The molecule has 0 radical (unpaired) electrons. The van der Waals surface area contributed by atoms with Crippen LogP contribution in [-0.4, -0.2) is 55.4 Å². The molecule has 6 heteroatoms. The van der Waals surface area contributed by atoms with Crippen LogP contribution in [0.25, 0.3) is 11.0 Å². The first-order valence-electron chi connectivity index (χ1n) is 10.4. The molecule has 1 fully saturated rings. The Balaban J connectivity index is 1.31. The second kappa shape index (κ2) is 8.90. The molecule has 1 aliphatic heterocycles. The number of hydrogen-bond acceptors (Lipinski definition) is 6. The van der Waals surface area contributed by atoms with Gasteiger partial charge in [-0.1, -0.05) is 18.2 Å². The summed E-state index contributed by atoms with van der Waals surface area (Å²) in [5, 5.41) is 11.3. The SMILES string of the molecule is Cc1cc2oc(=O)cc(C)c2cc1OCC(O)CN1CCN(c2ccccc2)CC1. The van der Waals surface area contributed by atoms with E-state index in [9.17, 15) is 9.90 Å². The van der Waals surface area contributed by atoms with Crippen LogP contribution in [0.4, 0.5) is 5.69 Å². The number of aliphatic hydroxyl groups is 1. The third kappa shape index (κ3) is 4.66. The van der Waals surface area contributed by atoms with Gasteiger partial charge in [-0.2, -0.15) is 0 Å². The maximum absolute atomic E-state index is 11.6. The van der Waals surface area contributed by atoms with Crippen LogP contribution < -0.4 is 15.3 Å². The molecular weight excluding hydrogens is 380 g/mol. The third-order valence-corrected chi connectivity index (χ3v) is 5.64. The lowest BCUT2D eigenvalue weighted by molar-refractivity contribution is 0.0661. The minimum atomic E-state index is -0.571. The molecule has 3 aromatic rings. The zero-order chi connectivity index (χ0) is 21.1. The number of nitrogens with zero attached hydrogens (tertiary/aromatic N) is 2. The minimum Gasteiger partial charge on any atom is -0.491 e. The Morgan fingerprint density at radius 3 is 2.50 bits per heavy atom. The van der Waals surface area contributed by atoms with E-state index in [2.05, 4.69) is 34.1 Å². The molecule has 0 amide bonds. The quantitative estimate of drug-likeness (QED) is 0.633. The molecule has 1 atom stereocenters. The van der Waals surface area contributed by atoms with E-state index in [0.29, 0.717) is 17.9 Å². The standard InChI is InChI=1S/C24H28N2O4/c1-17-13-24(28)30-23-12-18(2)22(14-21(17)23)29-16-20(27)15-25-8-10-26(11-9-25)19-6-4-3-5-7-19/h3-7,12-14,20,27H,8-11,15-16H2,1-2H3. The fourth-order valence-corrected chi connectivity index (χ4v) is 3.97. The van der Waals surface area contributed by atoms with Gasteiger partial charge in [-0.05, 0) is 49.2 Å². The van der Waals surface area contributed by atoms with Gasteiger partial charge >= 0.3 is 5.63 Å². The number of benzene rings is 2. The number of ether oxygens (including phenoxy) is 1. The van der Waals surface area contributed by atoms with E-state index in [1.165, 1.54) is 11.8 Å². The van der Waals surface area contributed by atoms with Crippen molar-refractivity contribution in [3.63, 3.8) is 0 Å². The molecule has 0 spiro atoms. The molecule has 30 heavy (non-hydrogen) atoms. The first-order valence-corrected chi connectivity index (χ1v) is 10.4. The summed E-state index contributed by atoms with van der Waals surface area (Å²) in [6, 6.07) is 15.6. The Hall–Kier alpha value is -2.83. The van der Waals surface area contributed by atoms with Gasteiger partial charge in [-0.25, -0.2) is 4.79 Å². The number of piperazine rings is 1. The number of rotatable bonds is 6. The molecule has 158 valence electrons. The lowest BCUT2D eigenvalue weighted by Crippen LogP contribution is -2.49. The normalized spacial score (nSPS) is 16.0. The van der Waals surface area contributed by atoms with E-state index in [1.807, 2.05) is 32.0 Å². The Morgan fingerprint density at radius 2 is 1.77 bits per heavy atom. The maximum atomic E-state index is 11.6. The fourth-order valence-electron chi connectivity index (χ4n) is 3.97. The first kappa shape index (κ1) is 20.4. The monoisotopic (exact) mass is 408 g/mol. The Kier molecular flexibility index (Phi) is 6.06. The number of para-hydroxylation sites is 1. The Labute approximate surface area is 176 Å². The highest BCUT2D eigenvalue weighted by molar-refractivity contribution is 5.82. The van der Waals surface area contributed by atoms with Crippen molar-refractivity contribution in [3.05, 3.63) is 70.1 Å². The van der Waals surface area contributed by atoms with Crippen LogP contribution in [0, 0.1) is 13.8 Å². The van der Waals surface area contributed by atoms with Gasteiger partial charge in [0.1, 0.15) is 24.0 Å². The predicted octanol–water partition coefficient (Wildman–Crippen LogP) is 2.97. The number of aryl methyl sites for hydroxylation is 2. The molecule has 1 unspecified atom stereocenters. The summed E-state index contributed by atoms with van der Waals surface area (Å²) in [6.45, 7) is 8.33. The molecule has 1 aromatic heterocycles. The van der Waals surface area contributed by atoms with Gasteiger partial charge in [0, 0.05) is 49.9 Å². The van der Waals surface area contributed by atoms with Crippen molar-refractivity contribution in [1.29, 1.82) is 0 Å². The highest BCUT2D eigenvalue weighted by Crippen LogP contribution is 2.27. The van der Waals surface area contributed by atoms with Crippen molar-refractivity contribution in [2.24, 2.45) is 0 Å². The van der Waals surface area contributed by atoms with Crippen LogP contribution in [-0.2, 0) is 0 Å². The molecule has 0 bridgehead atoms. The Bertz CT molecular complexity index is 1060. The van der Waals surface area contributed by atoms with Crippen molar-refractivity contribution in [1.82, 2.24) is 4.90 Å². The Morgan fingerprint density at radius 1 is 1.03 bits per heavy atom. The van der Waals surface area contributed by atoms with Crippen LogP contribution in [0.5, 0.6) is 5.75 Å². The average Bonchev–Trinajstić information content (AvgIpc) is 2.73. The van der Waals surface area contributed by atoms with Crippen molar-refractivity contribution in [3.8, 4) is 5.75 Å². The summed E-state index contributed by atoms with van der Waals surface area (Å²) >= 11 is 0. The molecule has 0 saturated carbocycles. The van der Waals surface area contributed by atoms with Gasteiger partial charge in [-0.3, -0.25) is 4.90 Å². The summed E-state index contributed by atoms with van der Waals surface area (Å²) in [7, 11) is 0. The molecule has 2 aromatic carbocycles. The van der Waals surface area contributed by atoms with Gasteiger partial charge in [-0.15, -0.1) is 0 Å². The third-order valence-electron chi connectivity index (χ3n) is 5.64. The number of hydrogen-bond donors (Lipinski definition) is 1. The van der Waals surface area contributed by atoms with Crippen LogP contribution >= 0.6 is 0 Å². The molecular formula is C24H28N2O4. The molecule has 0 aliphatic carbocycles. The maximum Gasteiger partial charge on any atom is 0.336 e. The highest BCUT2D eigenvalue weighted by Gasteiger charge is 2.20. The average molecular weight is 408 g/mol. The summed E-state index contributed by atoms with van der Waals surface area (Å²) in [5.74, 6) is 0.701. The van der Waals surface area contributed by atoms with E-state index in [4.69, 9.17) is 9.15 Å². The summed E-state index contributed by atoms with van der Waals surface area (Å²) in [6.07, 6.45) is -0.571. The summed E-state index contributed by atoms with van der Waals surface area (Å²) in [5.41, 5.74) is 3.18. The minimum absolute atomic E-state index is 0.223. The van der Waals surface area contributed by atoms with Crippen LogP contribution in [0.3, 0.4) is 0 Å². The van der Waals surface area contributed by atoms with Crippen molar-refractivity contribution < 1.29 is 14.3 Å². The lowest BCUT2D eigenvalue weighted by Gasteiger charge is -2.36. The summed E-state index contributed by atoms with van der Waals surface area (Å²) in [4.78, 5) is 16.2. The van der Waals surface area contributed by atoms with Crippen LogP contribution in [0.2, 0.25) is 0 Å². The van der Waals surface area contributed by atoms with Crippen molar-refractivity contribution in [2.45, 2.75) is 20.0 Å². The molecule has 1 N–H and O–H groups in total. The number of fused-ring (bicyclic) bond motifs is 1. The highest BCUT2D eigenvalue weighted by atomic mass is 16.5. The second-order valence-electron chi connectivity index (χ2n) is 7.95.